The summed E-state index contributed by atoms with van der Waals surface area (Å²) in [5.41, 5.74) is 3.84. The summed E-state index contributed by atoms with van der Waals surface area (Å²) in [4.78, 5) is 29.0. The Balaban J connectivity index is 1.54. The lowest BCUT2D eigenvalue weighted by Gasteiger charge is -2.10. The van der Waals surface area contributed by atoms with Gasteiger partial charge in [-0.2, -0.15) is 0 Å². The van der Waals surface area contributed by atoms with Crippen LogP contribution in [0, 0.1) is 13.8 Å². The Bertz CT molecular complexity index is 1210. The molecule has 0 saturated heterocycles. The number of hydrogen-bond acceptors (Lipinski definition) is 7. The number of ether oxygens (including phenoxy) is 1. The summed E-state index contributed by atoms with van der Waals surface area (Å²) in [6.45, 7) is 3.53. The maximum atomic E-state index is 13.2. The van der Waals surface area contributed by atoms with Crippen molar-refractivity contribution in [3.05, 3.63) is 53.1 Å². The molecule has 8 nitrogen and oxygen atoms in total. The van der Waals surface area contributed by atoms with E-state index in [9.17, 15) is 13.6 Å². The molecule has 0 unspecified atom stereocenters. The van der Waals surface area contributed by atoms with Crippen LogP contribution in [0.1, 0.15) is 23.4 Å². The normalized spacial score (nSPS) is 11.2. The van der Waals surface area contributed by atoms with Gasteiger partial charge >= 0.3 is 6.09 Å². The van der Waals surface area contributed by atoms with Crippen LogP contribution in [-0.4, -0.2) is 30.7 Å². The zero-order valence-electron chi connectivity index (χ0n) is 15.3. The van der Waals surface area contributed by atoms with Crippen molar-refractivity contribution >= 4 is 28.5 Å². The molecule has 148 valence electrons. The molecule has 4 aromatic rings. The zero-order valence-corrected chi connectivity index (χ0v) is 16.1. The van der Waals surface area contributed by atoms with Crippen molar-refractivity contribution in [3.63, 3.8) is 0 Å². The largest absolute Gasteiger partial charge is 0.432 e. The van der Waals surface area contributed by atoms with Gasteiger partial charge in [0, 0.05) is 23.5 Å². The van der Waals surface area contributed by atoms with Crippen LogP contribution in [0.5, 0.6) is 5.75 Å². The number of rotatable bonds is 4. The van der Waals surface area contributed by atoms with E-state index in [0.717, 1.165) is 16.6 Å². The smallest absolute Gasteiger partial charge is 0.406 e. The van der Waals surface area contributed by atoms with Crippen molar-refractivity contribution in [2.24, 2.45) is 0 Å². The molecule has 0 bridgehead atoms. The van der Waals surface area contributed by atoms with E-state index in [2.05, 4.69) is 25.4 Å². The van der Waals surface area contributed by atoms with E-state index >= 15 is 0 Å². The highest BCUT2D eigenvalue weighted by Gasteiger charge is 2.19. The monoisotopic (exact) mass is 416 g/mol. The Morgan fingerprint density at radius 3 is 2.79 bits per heavy atom. The van der Waals surface area contributed by atoms with Gasteiger partial charge in [0.15, 0.2) is 16.6 Å². The van der Waals surface area contributed by atoms with Crippen LogP contribution in [0.15, 0.2) is 36.1 Å². The summed E-state index contributed by atoms with van der Waals surface area (Å²) in [5, 5.41) is 2.54. The molecule has 0 aliphatic rings. The highest BCUT2D eigenvalue weighted by atomic mass is 32.1. The molecular formula is C18H14F2N6O2S. The molecule has 0 aliphatic heterocycles. The second-order valence-corrected chi connectivity index (χ2v) is 6.92. The van der Waals surface area contributed by atoms with Crippen molar-refractivity contribution in [1.29, 1.82) is 0 Å². The van der Waals surface area contributed by atoms with Gasteiger partial charge in [-0.25, -0.2) is 34.0 Å². The van der Waals surface area contributed by atoms with E-state index in [1.165, 1.54) is 23.7 Å². The minimum absolute atomic E-state index is 0.102. The maximum absolute atomic E-state index is 13.2. The van der Waals surface area contributed by atoms with E-state index in [1.54, 1.807) is 19.1 Å². The maximum Gasteiger partial charge on any atom is 0.432 e. The second-order valence-electron chi connectivity index (χ2n) is 6.06. The number of thiazole rings is 1. The predicted molar refractivity (Wildman–Crippen MR) is 103 cm³/mol. The minimum atomic E-state index is -2.73. The van der Waals surface area contributed by atoms with Gasteiger partial charge in [-0.3, -0.25) is 9.66 Å². The van der Waals surface area contributed by atoms with E-state index in [0.29, 0.717) is 22.0 Å². The number of fused-ring (bicyclic) bond motifs is 1. The second kappa shape index (κ2) is 7.51. The van der Waals surface area contributed by atoms with Crippen molar-refractivity contribution < 1.29 is 18.3 Å². The molecule has 0 atom stereocenters. The number of alkyl halides is 2. The topological polar surface area (TPSA) is 94.8 Å². The number of carbonyl (C=O) groups excluding carboxylic acids is 1. The molecule has 4 heterocycles. The number of aryl methyl sites for hydroxylation is 2. The Hall–Kier alpha value is -3.47. The summed E-state index contributed by atoms with van der Waals surface area (Å²) < 4.78 is 32.8. The van der Waals surface area contributed by atoms with Crippen molar-refractivity contribution in [2.75, 3.05) is 5.43 Å². The third-order valence-corrected chi connectivity index (χ3v) is 4.94. The first-order valence-electron chi connectivity index (χ1n) is 8.41. The van der Waals surface area contributed by atoms with Crippen LogP contribution < -0.4 is 10.2 Å². The summed E-state index contributed by atoms with van der Waals surface area (Å²) in [6, 6.07) is 3.14. The lowest BCUT2D eigenvalue weighted by Crippen LogP contribution is -2.25. The number of carbonyl (C=O) groups is 1. The number of aromatic nitrogens is 5. The van der Waals surface area contributed by atoms with Gasteiger partial charge in [0.25, 0.3) is 6.43 Å². The van der Waals surface area contributed by atoms with Crippen LogP contribution in [-0.2, 0) is 0 Å². The average molecular weight is 416 g/mol. The zero-order chi connectivity index (χ0) is 20.5. The van der Waals surface area contributed by atoms with Gasteiger partial charge < -0.3 is 4.74 Å². The molecule has 1 N–H and O–H groups in total. The average Bonchev–Trinajstić information content (AvgIpc) is 3.28. The fourth-order valence-electron chi connectivity index (χ4n) is 2.67. The Kier molecular flexibility index (Phi) is 4.89. The molecule has 0 spiro atoms. The van der Waals surface area contributed by atoms with Crippen LogP contribution in [0.25, 0.3) is 21.9 Å². The van der Waals surface area contributed by atoms with E-state index in [4.69, 9.17) is 4.74 Å². The molecule has 0 fully saturated rings. The predicted octanol–water partition coefficient (Wildman–Crippen LogP) is 4.25. The van der Waals surface area contributed by atoms with Crippen molar-refractivity contribution in [1.82, 2.24) is 24.6 Å². The van der Waals surface area contributed by atoms with Crippen LogP contribution in [0.2, 0.25) is 0 Å². The molecular weight excluding hydrogens is 402 g/mol. The van der Waals surface area contributed by atoms with Crippen molar-refractivity contribution in [3.8, 4) is 16.6 Å². The van der Waals surface area contributed by atoms with Gasteiger partial charge in [0.05, 0.1) is 28.5 Å². The third kappa shape index (κ3) is 3.76. The summed E-state index contributed by atoms with van der Waals surface area (Å²) >= 11 is 1.41. The molecule has 29 heavy (non-hydrogen) atoms. The molecule has 1 amide bonds. The molecule has 0 saturated carbocycles. The number of nitrogens with one attached hydrogen (secondary N) is 1. The molecule has 0 aromatic carbocycles. The first kappa shape index (κ1) is 18.9. The molecule has 0 aliphatic carbocycles. The third-order valence-electron chi connectivity index (χ3n) is 3.98. The SMILES string of the molecule is Cc1csc(-c2ncc(OC(=O)Nn3cc(C(F)F)c4ncccc43)c(C)n2)n1. The lowest BCUT2D eigenvalue weighted by atomic mass is 10.3. The highest BCUT2D eigenvalue weighted by Crippen LogP contribution is 2.27. The quantitative estimate of drug-likeness (QED) is 0.535. The van der Waals surface area contributed by atoms with E-state index < -0.39 is 12.5 Å². The molecule has 4 aromatic heterocycles. The first-order chi connectivity index (χ1) is 13.9. The fraction of sp³-hybridized carbons (Fsp3) is 0.167. The Labute approximate surface area is 167 Å². The molecule has 0 radical (unpaired) electrons. The van der Waals surface area contributed by atoms with Gasteiger partial charge in [-0.1, -0.05) is 0 Å². The first-order valence-corrected chi connectivity index (χ1v) is 9.29. The summed E-state index contributed by atoms with van der Waals surface area (Å²) in [7, 11) is 0. The Morgan fingerprint density at radius 1 is 1.28 bits per heavy atom. The van der Waals surface area contributed by atoms with E-state index in [-0.39, 0.29) is 16.8 Å². The summed E-state index contributed by atoms with van der Waals surface area (Å²) in [6.07, 6.45) is 0.276. The van der Waals surface area contributed by atoms with Crippen molar-refractivity contribution in [2.45, 2.75) is 20.3 Å². The van der Waals surface area contributed by atoms with Gasteiger partial charge in [0.2, 0.25) is 0 Å². The van der Waals surface area contributed by atoms with Gasteiger partial charge in [0.1, 0.15) is 0 Å². The number of nitrogens with zero attached hydrogens (tertiary/aromatic N) is 5. The standard InChI is InChI=1S/C18H14F2N6O2S/c1-9-8-29-17(23-9)16-22-6-13(10(2)24-16)28-18(27)25-26-7-11(15(19)20)14-12(26)4-3-5-21-14/h3-8,15H,1-2H3,(H,25,27). The summed E-state index contributed by atoms with van der Waals surface area (Å²) in [5.74, 6) is 0.570. The number of hydrogen-bond donors (Lipinski definition) is 1. The lowest BCUT2D eigenvalue weighted by molar-refractivity contribution is 0.152. The van der Waals surface area contributed by atoms with E-state index in [1.807, 2.05) is 12.3 Å². The highest BCUT2D eigenvalue weighted by molar-refractivity contribution is 7.13. The van der Waals surface area contributed by atoms with Gasteiger partial charge in [-0.05, 0) is 26.0 Å². The molecule has 4 rings (SSSR count). The van der Waals surface area contributed by atoms with Gasteiger partial charge in [-0.15, -0.1) is 11.3 Å². The fourth-order valence-corrected chi connectivity index (χ4v) is 3.41. The number of pyridine rings is 1. The number of halogens is 2. The van der Waals surface area contributed by atoms with Crippen LogP contribution >= 0.6 is 11.3 Å². The minimum Gasteiger partial charge on any atom is -0.406 e. The molecule has 11 heteroatoms. The Morgan fingerprint density at radius 2 is 2.10 bits per heavy atom. The van der Waals surface area contributed by atoms with Crippen LogP contribution in [0.4, 0.5) is 13.6 Å². The number of amides is 1. The van der Waals surface area contributed by atoms with Crippen LogP contribution in [0.3, 0.4) is 0 Å².